The van der Waals surface area contributed by atoms with Crippen molar-refractivity contribution in [2.24, 2.45) is 0 Å². The zero-order valence-electron chi connectivity index (χ0n) is 17.8. The number of carbonyl (C=O) groups excluding carboxylic acids is 1. The van der Waals surface area contributed by atoms with E-state index in [-0.39, 0.29) is 28.6 Å². The largest absolute Gasteiger partial charge is 0.494 e. The number of ether oxygens (including phenoxy) is 1. The molecule has 0 saturated heterocycles. The molecule has 1 aromatic heterocycles. The van der Waals surface area contributed by atoms with Crippen LogP contribution in [0, 0.1) is 18.3 Å². The number of aromatic nitrogens is 1. The van der Waals surface area contributed by atoms with Crippen molar-refractivity contribution in [3.63, 3.8) is 0 Å². The number of ketones is 1. The van der Waals surface area contributed by atoms with Crippen molar-refractivity contribution in [3.8, 4) is 17.7 Å². The van der Waals surface area contributed by atoms with Crippen LogP contribution in [0.3, 0.4) is 0 Å². The molecule has 0 bridgehead atoms. The number of Topliss-reactive ketones (excluding diaryl/α,β-unsaturated/α-hetero) is 1. The topological polar surface area (TPSA) is 92.3 Å². The van der Waals surface area contributed by atoms with E-state index in [0.717, 1.165) is 44.1 Å². The Morgan fingerprint density at radius 2 is 1.90 bits per heavy atom. The lowest BCUT2D eigenvalue weighted by molar-refractivity contribution is 0.0812. The molecule has 0 radical (unpaired) electrons. The summed E-state index contributed by atoms with van der Waals surface area (Å²) in [5.41, 5.74) is 0.733. The molecule has 1 aliphatic rings. The number of nitrogens with zero attached hydrogens (tertiary/aromatic N) is 2. The molecule has 0 spiro atoms. The van der Waals surface area contributed by atoms with Crippen LogP contribution in [0.25, 0.3) is 0 Å². The van der Waals surface area contributed by atoms with Gasteiger partial charge >= 0.3 is 0 Å². The van der Waals surface area contributed by atoms with Crippen LogP contribution < -0.4 is 10.3 Å². The first-order valence-electron chi connectivity index (χ1n) is 10.6. The summed E-state index contributed by atoms with van der Waals surface area (Å²) in [6.07, 6.45) is 4.48. The SMILES string of the molecule is CCc1ccc(OC(C)C(=O)c2c(C)c(C#N)c(=O)n(C3CCCCC3)c2O)cc1. The van der Waals surface area contributed by atoms with Gasteiger partial charge in [0.05, 0.1) is 5.56 Å². The number of rotatable bonds is 6. The Balaban J connectivity index is 1.99. The zero-order chi connectivity index (χ0) is 21.8. The van der Waals surface area contributed by atoms with Gasteiger partial charge in [0.15, 0.2) is 6.10 Å². The summed E-state index contributed by atoms with van der Waals surface area (Å²) in [6, 6.07) is 9.21. The Labute approximate surface area is 176 Å². The lowest BCUT2D eigenvalue weighted by atomic mass is 9.93. The van der Waals surface area contributed by atoms with E-state index in [9.17, 15) is 20.0 Å². The van der Waals surface area contributed by atoms with Crippen molar-refractivity contribution in [3.05, 3.63) is 56.9 Å². The second-order valence-electron chi connectivity index (χ2n) is 7.90. The number of pyridine rings is 1. The van der Waals surface area contributed by atoms with Gasteiger partial charge in [-0.25, -0.2) is 0 Å². The molecule has 0 aliphatic heterocycles. The summed E-state index contributed by atoms with van der Waals surface area (Å²) < 4.78 is 7.05. The van der Waals surface area contributed by atoms with Crippen molar-refractivity contribution in [1.29, 1.82) is 5.26 Å². The van der Waals surface area contributed by atoms with Gasteiger partial charge in [0.25, 0.3) is 5.56 Å². The van der Waals surface area contributed by atoms with Crippen LogP contribution in [0.15, 0.2) is 29.1 Å². The van der Waals surface area contributed by atoms with Gasteiger partial charge in [0.1, 0.15) is 17.4 Å². The van der Waals surface area contributed by atoms with Gasteiger partial charge < -0.3 is 9.84 Å². The number of aryl methyl sites for hydroxylation is 1. The second-order valence-corrected chi connectivity index (χ2v) is 7.90. The summed E-state index contributed by atoms with van der Waals surface area (Å²) in [6.45, 7) is 5.19. The van der Waals surface area contributed by atoms with Crippen LogP contribution in [0.5, 0.6) is 11.6 Å². The van der Waals surface area contributed by atoms with Crippen LogP contribution >= 0.6 is 0 Å². The highest BCUT2D eigenvalue weighted by atomic mass is 16.5. The van der Waals surface area contributed by atoms with E-state index in [1.165, 1.54) is 11.5 Å². The summed E-state index contributed by atoms with van der Waals surface area (Å²) in [4.78, 5) is 26.1. The third-order valence-corrected chi connectivity index (χ3v) is 5.95. The third-order valence-electron chi connectivity index (χ3n) is 5.95. The van der Waals surface area contributed by atoms with Gasteiger partial charge in [-0.05, 0) is 56.4 Å². The molecule has 1 saturated carbocycles. The Hall–Kier alpha value is -3.07. The zero-order valence-corrected chi connectivity index (χ0v) is 17.8. The summed E-state index contributed by atoms with van der Waals surface area (Å²) >= 11 is 0. The fourth-order valence-electron chi connectivity index (χ4n) is 4.16. The van der Waals surface area contributed by atoms with E-state index in [0.29, 0.717) is 5.75 Å². The normalized spacial score (nSPS) is 15.4. The molecule has 1 aliphatic carbocycles. The number of hydrogen-bond donors (Lipinski definition) is 1. The molecule has 1 N–H and O–H groups in total. The number of aromatic hydroxyl groups is 1. The molecule has 1 atom stereocenters. The van der Waals surface area contributed by atoms with Crippen molar-refractivity contribution < 1.29 is 14.6 Å². The molecule has 2 aromatic rings. The van der Waals surface area contributed by atoms with Gasteiger partial charge in [0.2, 0.25) is 11.7 Å². The summed E-state index contributed by atoms with van der Waals surface area (Å²) in [7, 11) is 0. The maximum absolute atomic E-state index is 13.2. The Bertz CT molecular complexity index is 1030. The standard InChI is InChI=1S/C24H28N2O4/c1-4-17-10-12-19(13-11-17)30-16(3)22(27)21-15(2)20(14-25)23(28)26(24(21)29)18-8-6-5-7-9-18/h10-13,16,18,29H,4-9H2,1-3H3. The maximum atomic E-state index is 13.2. The number of nitriles is 1. The van der Waals surface area contributed by atoms with E-state index in [1.54, 1.807) is 19.1 Å². The second kappa shape index (κ2) is 9.17. The lowest BCUT2D eigenvalue weighted by Crippen LogP contribution is -2.33. The highest BCUT2D eigenvalue weighted by Gasteiger charge is 2.30. The van der Waals surface area contributed by atoms with Gasteiger partial charge in [-0.2, -0.15) is 5.26 Å². The van der Waals surface area contributed by atoms with Crippen LogP contribution in [-0.2, 0) is 6.42 Å². The first-order valence-corrected chi connectivity index (χ1v) is 10.6. The minimum absolute atomic E-state index is 0.00518. The molecule has 30 heavy (non-hydrogen) atoms. The van der Waals surface area contributed by atoms with E-state index in [4.69, 9.17) is 4.74 Å². The summed E-state index contributed by atoms with van der Waals surface area (Å²) in [5.74, 6) is -0.262. The lowest BCUT2D eigenvalue weighted by Gasteiger charge is -2.27. The molecule has 6 nitrogen and oxygen atoms in total. The van der Waals surface area contributed by atoms with Gasteiger partial charge in [-0.3, -0.25) is 14.2 Å². The average Bonchev–Trinajstić information content (AvgIpc) is 2.75. The fourth-order valence-corrected chi connectivity index (χ4v) is 4.16. The predicted molar refractivity (Wildman–Crippen MR) is 114 cm³/mol. The number of benzene rings is 1. The quantitative estimate of drug-likeness (QED) is 0.713. The molecule has 1 unspecified atom stereocenters. The van der Waals surface area contributed by atoms with E-state index >= 15 is 0 Å². The van der Waals surface area contributed by atoms with E-state index in [1.807, 2.05) is 18.2 Å². The minimum atomic E-state index is -0.883. The molecule has 3 rings (SSSR count). The molecular weight excluding hydrogens is 380 g/mol. The molecule has 0 amide bonds. The van der Waals surface area contributed by atoms with Crippen LogP contribution in [0.4, 0.5) is 0 Å². The molecule has 6 heteroatoms. The first kappa shape index (κ1) is 21.6. The first-order chi connectivity index (χ1) is 14.4. The van der Waals surface area contributed by atoms with E-state index in [2.05, 4.69) is 6.92 Å². The average molecular weight is 408 g/mol. The van der Waals surface area contributed by atoms with Crippen LogP contribution in [-0.4, -0.2) is 21.6 Å². The van der Waals surface area contributed by atoms with Crippen molar-refractivity contribution >= 4 is 5.78 Å². The van der Waals surface area contributed by atoms with Crippen LogP contribution in [0.2, 0.25) is 0 Å². The molecule has 158 valence electrons. The predicted octanol–water partition coefficient (Wildman–Crippen LogP) is 4.45. The molecule has 1 fully saturated rings. The molecular formula is C24H28N2O4. The molecule has 1 aromatic carbocycles. The van der Waals surface area contributed by atoms with Gasteiger partial charge in [0, 0.05) is 6.04 Å². The van der Waals surface area contributed by atoms with Gasteiger partial charge in [-0.1, -0.05) is 38.3 Å². The maximum Gasteiger partial charge on any atom is 0.271 e. The third kappa shape index (κ3) is 4.11. The Morgan fingerprint density at radius 3 is 2.47 bits per heavy atom. The van der Waals surface area contributed by atoms with Gasteiger partial charge in [-0.15, -0.1) is 0 Å². The fraction of sp³-hybridized carbons (Fsp3) is 0.458. The van der Waals surface area contributed by atoms with Crippen molar-refractivity contribution in [2.75, 3.05) is 0 Å². The smallest absolute Gasteiger partial charge is 0.271 e. The highest BCUT2D eigenvalue weighted by Crippen LogP contribution is 2.33. The van der Waals surface area contributed by atoms with E-state index < -0.39 is 17.4 Å². The Morgan fingerprint density at radius 1 is 1.27 bits per heavy atom. The summed E-state index contributed by atoms with van der Waals surface area (Å²) in [5, 5.41) is 20.5. The van der Waals surface area contributed by atoms with Crippen LogP contribution in [0.1, 0.15) is 79.0 Å². The number of carbonyl (C=O) groups is 1. The minimum Gasteiger partial charge on any atom is -0.494 e. The number of hydrogen-bond acceptors (Lipinski definition) is 5. The van der Waals surface area contributed by atoms with Crippen molar-refractivity contribution in [2.45, 2.75) is 71.4 Å². The van der Waals surface area contributed by atoms with Crippen molar-refractivity contribution in [1.82, 2.24) is 4.57 Å². The monoisotopic (exact) mass is 408 g/mol. The molecule has 1 heterocycles. The highest BCUT2D eigenvalue weighted by molar-refractivity contribution is 6.03. The Kier molecular flexibility index (Phi) is 6.61.